The molecular weight excluding hydrogens is 310 g/mol. The summed E-state index contributed by atoms with van der Waals surface area (Å²) in [5.74, 6) is -3.81. The topological polar surface area (TPSA) is 138 Å². The van der Waals surface area contributed by atoms with Gasteiger partial charge in [0.25, 0.3) is 0 Å². The second-order valence-corrected chi connectivity index (χ2v) is 5.55. The number of nitrogens with zero attached hydrogens (tertiary/aromatic N) is 1. The quantitative estimate of drug-likeness (QED) is 0.325. The molecule has 0 amide bonds. The van der Waals surface area contributed by atoms with E-state index in [0.717, 1.165) is 0 Å². The molecule has 0 unspecified atom stereocenters. The van der Waals surface area contributed by atoms with E-state index >= 15 is 0 Å². The van der Waals surface area contributed by atoms with E-state index in [0.29, 0.717) is 23.2 Å². The average Bonchev–Trinajstić information content (AvgIpc) is 2.34. The van der Waals surface area contributed by atoms with Crippen LogP contribution in [0.5, 0.6) is 0 Å². The molecule has 1 atom stereocenters. The molecule has 0 heterocycles. The van der Waals surface area contributed by atoms with Crippen LogP contribution in [-0.4, -0.2) is 77.5 Å². The van der Waals surface area contributed by atoms with Crippen molar-refractivity contribution in [1.82, 2.24) is 0 Å². The Hall–Kier alpha value is -2.42. The van der Waals surface area contributed by atoms with Gasteiger partial charge >= 0.3 is 23.9 Å². The van der Waals surface area contributed by atoms with Gasteiger partial charge in [-0.25, -0.2) is 9.59 Å². The Morgan fingerprint density at radius 3 is 1.70 bits per heavy atom. The van der Waals surface area contributed by atoms with E-state index in [-0.39, 0.29) is 18.8 Å². The predicted molar refractivity (Wildman–Crippen MR) is 79.7 cm³/mol. The van der Waals surface area contributed by atoms with Crippen LogP contribution in [0, 0.1) is 0 Å². The van der Waals surface area contributed by atoms with Crippen molar-refractivity contribution in [3.05, 3.63) is 12.2 Å². The number of likely N-dealkylation sites (N-methyl/N-ethyl adjacent to an activating group) is 1. The van der Waals surface area contributed by atoms with Gasteiger partial charge in [-0.05, 0) is 0 Å². The molecule has 0 saturated carbocycles. The van der Waals surface area contributed by atoms with Crippen LogP contribution in [0.15, 0.2) is 12.2 Å². The number of carboxylic acids is 3. The van der Waals surface area contributed by atoms with E-state index in [1.54, 1.807) is 6.92 Å². The first-order chi connectivity index (χ1) is 10.4. The lowest BCUT2D eigenvalue weighted by Crippen LogP contribution is -2.43. The van der Waals surface area contributed by atoms with E-state index in [9.17, 15) is 19.2 Å². The van der Waals surface area contributed by atoms with E-state index in [1.165, 1.54) is 0 Å². The zero-order valence-corrected chi connectivity index (χ0v) is 13.7. The summed E-state index contributed by atoms with van der Waals surface area (Å²) in [6, 6.07) is 0. The molecule has 0 aliphatic rings. The number of hydrogen-bond acceptors (Lipinski definition) is 5. The van der Waals surface area contributed by atoms with Gasteiger partial charge in [-0.1, -0.05) is 6.92 Å². The molecule has 9 nitrogen and oxygen atoms in total. The monoisotopic (exact) mass is 334 g/mol. The van der Waals surface area contributed by atoms with Crippen LogP contribution in [0.1, 0.15) is 19.8 Å². The van der Waals surface area contributed by atoms with E-state index in [2.05, 4.69) is 0 Å². The second kappa shape index (κ2) is 11.2. The predicted octanol–water partition coefficient (Wildman–Crippen LogP) is 0.201. The summed E-state index contributed by atoms with van der Waals surface area (Å²) in [5.41, 5.74) is 0. The largest absolute Gasteiger partial charge is 0.481 e. The number of esters is 1. The summed E-state index contributed by atoms with van der Waals surface area (Å²) in [6.45, 7) is 2.18. The molecule has 0 aromatic rings. The van der Waals surface area contributed by atoms with Gasteiger partial charge in [-0.2, -0.15) is 0 Å². The van der Waals surface area contributed by atoms with Gasteiger partial charge in [-0.15, -0.1) is 0 Å². The summed E-state index contributed by atoms with van der Waals surface area (Å²) in [4.78, 5) is 40.7. The van der Waals surface area contributed by atoms with Crippen molar-refractivity contribution in [3.8, 4) is 0 Å². The van der Waals surface area contributed by atoms with Crippen LogP contribution in [0.25, 0.3) is 0 Å². The van der Waals surface area contributed by atoms with Crippen LogP contribution in [0.2, 0.25) is 0 Å². The summed E-state index contributed by atoms with van der Waals surface area (Å²) in [5, 5.41) is 24.3. The number of carbonyl (C=O) groups excluding carboxylic acids is 1. The fourth-order valence-corrected chi connectivity index (χ4v) is 1.36. The normalized spacial score (nSPS) is 12.0. The molecule has 23 heavy (non-hydrogen) atoms. The summed E-state index contributed by atoms with van der Waals surface area (Å²) in [6.07, 6.45) is 0.703. The van der Waals surface area contributed by atoms with Crippen LogP contribution >= 0.6 is 0 Å². The van der Waals surface area contributed by atoms with Gasteiger partial charge in [0.2, 0.25) is 0 Å². The van der Waals surface area contributed by atoms with Crippen LogP contribution in [0.4, 0.5) is 0 Å². The van der Waals surface area contributed by atoms with Gasteiger partial charge in [0.05, 0.1) is 27.6 Å². The maximum Gasteiger partial charge on any atom is 0.328 e. The SMILES string of the molecule is CCC(=O)O[C@H](CC(=O)O)C[N+](C)(C)C.O=C(O)/C=C\C(=O)O. The maximum atomic E-state index is 11.1. The highest BCUT2D eigenvalue weighted by molar-refractivity contribution is 5.89. The first kappa shape index (κ1) is 22.9. The highest BCUT2D eigenvalue weighted by Crippen LogP contribution is 2.06. The third kappa shape index (κ3) is 19.6. The molecule has 0 aliphatic heterocycles. The summed E-state index contributed by atoms with van der Waals surface area (Å²) in [7, 11) is 5.78. The van der Waals surface area contributed by atoms with E-state index < -0.39 is 24.0 Å². The molecule has 0 bridgehead atoms. The van der Waals surface area contributed by atoms with Crippen molar-refractivity contribution in [2.24, 2.45) is 0 Å². The molecule has 0 rings (SSSR count). The third-order valence-electron chi connectivity index (χ3n) is 2.11. The van der Waals surface area contributed by atoms with Gasteiger partial charge in [0.15, 0.2) is 6.10 Å². The lowest BCUT2D eigenvalue weighted by molar-refractivity contribution is -0.873. The van der Waals surface area contributed by atoms with Crippen molar-refractivity contribution in [1.29, 1.82) is 0 Å². The lowest BCUT2D eigenvalue weighted by atomic mass is 10.2. The Labute approximate surface area is 134 Å². The summed E-state index contributed by atoms with van der Waals surface area (Å²) < 4.78 is 5.62. The minimum atomic E-state index is -1.26. The molecule has 132 valence electrons. The van der Waals surface area contributed by atoms with Gasteiger partial charge < -0.3 is 24.5 Å². The van der Waals surface area contributed by atoms with Crippen LogP contribution < -0.4 is 0 Å². The molecule has 9 heteroatoms. The van der Waals surface area contributed by atoms with Crippen LogP contribution in [-0.2, 0) is 23.9 Å². The number of aliphatic carboxylic acids is 3. The molecule has 0 radical (unpaired) electrons. The minimum absolute atomic E-state index is 0.138. The van der Waals surface area contributed by atoms with Crippen molar-refractivity contribution in [3.63, 3.8) is 0 Å². The lowest BCUT2D eigenvalue weighted by Gasteiger charge is -2.28. The third-order valence-corrected chi connectivity index (χ3v) is 2.11. The maximum absolute atomic E-state index is 11.1. The number of quaternary nitrogens is 1. The van der Waals surface area contributed by atoms with Gasteiger partial charge in [0.1, 0.15) is 6.54 Å². The molecular formula is C14H24NO8+. The Morgan fingerprint density at radius 1 is 1.00 bits per heavy atom. The number of ether oxygens (including phenoxy) is 1. The average molecular weight is 334 g/mol. The Balaban J connectivity index is 0. The Morgan fingerprint density at radius 2 is 1.43 bits per heavy atom. The molecule has 0 aliphatic carbocycles. The summed E-state index contributed by atoms with van der Waals surface area (Å²) >= 11 is 0. The van der Waals surface area contributed by atoms with Gasteiger partial charge in [-0.3, -0.25) is 9.59 Å². The van der Waals surface area contributed by atoms with Crippen LogP contribution in [0.3, 0.4) is 0 Å². The molecule has 3 N–H and O–H groups in total. The number of carbonyl (C=O) groups is 4. The molecule has 0 spiro atoms. The number of carboxylic acid groups (broad SMARTS) is 3. The zero-order chi connectivity index (χ0) is 18.6. The standard InChI is InChI=1S/C10H19NO4.C4H4O4/c1-5-10(14)15-8(6-9(12)13)7-11(2,3)4;5-3(6)1-2-4(7)8/h8H,5-7H2,1-4H3;1-2H,(H,5,6)(H,7,8)/p+1/b;2-1-/t8-;/m1./s1. The van der Waals surface area contributed by atoms with Gasteiger partial charge in [0, 0.05) is 18.6 Å². The number of hydrogen-bond donors (Lipinski definition) is 3. The number of rotatable bonds is 8. The Bertz CT molecular complexity index is 434. The second-order valence-electron chi connectivity index (χ2n) is 5.55. The van der Waals surface area contributed by atoms with E-state index in [1.807, 2.05) is 21.1 Å². The van der Waals surface area contributed by atoms with Crippen molar-refractivity contribution < 1.29 is 43.7 Å². The highest BCUT2D eigenvalue weighted by atomic mass is 16.5. The van der Waals surface area contributed by atoms with Crippen molar-refractivity contribution in [2.75, 3.05) is 27.7 Å². The zero-order valence-electron chi connectivity index (χ0n) is 13.7. The first-order valence-electron chi connectivity index (χ1n) is 6.73. The first-order valence-corrected chi connectivity index (χ1v) is 6.73. The Kier molecular flexibility index (Phi) is 11.1. The fourth-order valence-electron chi connectivity index (χ4n) is 1.36. The smallest absolute Gasteiger partial charge is 0.328 e. The fraction of sp³-hybridized carbons (Fsp3) is 0.571. The molecule has 0 aromatic heterocycles. The molecule has 0 aromatic carbocycles. The van der Waals surface area contributed by atoms with Crippen molar-refractivity contribution >= 4 is 23.9 Å². The van der Waals surface area contributed by atoms with Crippen molar-refractivity contribution in [2.45, 2.75) is 25.9 Å². The minimum Gasteiger partial charge on any atom is -0.481 e. The highest BCUT2D eigenvalue weighted by Gasteiger charge is 2.24. The molecule has 0 saturated heterocycles. The van der Waals surface area contributed by atoms with E-state index in [4.69, 9.17) is 20.1 Å². The molecule has 0 fully saturated rings.